The van der Waals surface area contributed by atoms with E-state index in [1.165, 1.54) is 0 Å². The second kappa shape index (κ2) is 5.03. The van der Waals surface area contributed by atoms with Gasteiger partial charge in [-0.25, -0.2) is 8.78 Å². The van der Waals surface area contributed by atoms with Gasteiger partial charge < -0.3 is 0 Å². The van der Waals surface area contributed by atoms with Crippen molar-refractivity contribution in [3.63, 3.8) is 0 Å². The van der Waals surface area contributed by atoms with E-state index in [0.29, 0.717) is 12.1 Å². The molecule has 4 heteroatoms. The molecule has 0 radical (unpaired) electrons. The Bertz CT molecular complexity index is 174. The summed E-state index contributed by atoms with van der Waals surface area (Å²) in [5.74, 6) is 0. The molecule has 0 aromatic heterocycles. The molecule has 0 unspecified atom stereocenters. The molecule has 0 spiro atoms. The van der Waals surface area contributed by atoms with Crippen molar-refractivity contribution >= 4 is 0 Å². The van der Waals surface area contributed by atoms with E-state index in [1.807, 2.05) is 4.90 Å². The highest BCUT2D eigenvalue weighted by Gasteiger charge is 2.26. The Morgan fingerprint density at radius 2 is 1.93 bits per heavy atom. The van der Waals surface area contributed by atoms with Crippen molar-refractivity contribution in [2.45, 2.75) is 39.3 Å². The summed E-state index contributed by atoms with van der Waals surface area (Å²) < 4.78 is 24.3. The van der Waals surface area contributed by atoms with Crippen LogP contribution in [0.4, 0.5) is 8.78 Å². The molecule has 1 heterocycles. The molecule has 0 N–H and O–H groups in total. The highest BCUT2D eigenvalue weighted by atomic mass is 19.3. The van der Waals surface area contributed by atoms with E-state index in [9.17, 15) is 8.78 Å². The molecule has 84 valence electrons. The van der Waals surface area contributed by atoms with Crippen LogP contribution in [-0.2, 0) is 0 Å². The quantitative estimate of drug-likeness (QED) is 0.693. The van der Waals surface area contributed by atoms with Crippen LogP contribution in [0, 0.1) is 0 Å². The molecule has 1 atom stereocenters. The van der Waals surface area contributed by atoms with Gasteiger partial charge in [-0.05, 0) is 20.8 Å². The standard InChI is InChI=1S/C10H20F2N2/c1-8(2)14-5-4-13(6-9(14)3)7-10(11)12/h8-10H,4-7H2,1-3H3/t9-/m0/s1. The third-order valence-electron chi connectivity index (χ3n) is 2.82. The van der Waals surface area contributed by atoms with E-state index in [2.05, 4.69) is 25.7 Å². The molecule has 0 saturated carbocycles. The lowest BCUT2D eigenvalue weighted by atomic mass is 10.1. The summed E-state index contributed by atoms with van der Waals surface area (Å²) in [5.41, 5.74) is 0. The molecule has 1 rings (SSSR count). The minimum Gasteiger partial charge on any atom is -0.296 e. The smallest absolute Gasteiger partial charge is 0.251 e. The molecular formula is C10H20F2N2. The highest BCUT2D eigenvalue weighted by molar-refractivity contribution is 4.81. The summed E-state index contributed by atoms with van der Waals surface area (Å²) in [6, 6.07) is 0.904. The Morgan fingerprint density at radius 1 is 1.29 bits per heavy atom. The fourth-order valence-electron chi connectivity index (χ4n) is 2.18. The van der Waals surface area contributed by atoms with E-state index in [1.54, 1.807) is 0 Å². The zero-order valence-electron chi connectivity index (χ0n) is 9.21. The van der Waals surface area contributed by atoms with Crippen LogP contribution in [0.15, 0.2) is 0 Å². The monoisotopic (exact) mass is 206 g/mol. The van der Waals surface area contributed by atoms with Crippen LogP contribution < -0.4 is 0 Å². The van der Waals surface area contributed by atoms with Crippen molar-refractivity contribution in [1.82, 2.24) is 9.80 Å². The summed E-state index contributed by atoms with van der Waals surface area (Å²) >= 11 is 0. The molecule has 0 bridgehead atoms. The van der Waals surface area contributed by atoms with Crippen molar-refractivity contribution < 1.29 is 8.78 Å². The number of nitrogens with zero attached hydrogens (tertiary/aromatic N) is 2. The van der Waals surface area contributed by atoms with Crippen molar-refractivity contribution in [1.29, 1.82) is 0 Å². The van der Waals surface area contributed by atoms with Gasteiger partial charge in [0, 0.05) is 31.7 Å². The first-order valence-electron chi connectivity index (χ1n) is 5.27. The van der Waals surface area contributed by atoms with Gasteiger partial charge in [0.1, 0.15) is 0 Å². The molecule has 14 heavy (non-hydrogen) atoms. The van der Waals surface area contributed by atoms with Gasteiger partial charge >= 0.3 is 0 Å². The molecule has 1 fully saturated rings. The van der Waals surface area contributed by atoms with Gasteiger partial charge in [0.2, 0.25) is 0 Å². The minimum atomic E-state index is -2.20. The van der Waals surface area contributed by atoms with Crippen molar-refractivity contribution in [3.05, 3.63) is 0 Å². The Hall–Kier alpha value is -0.220. The number of hydrogen-bond acceptors (Lipinski definition) is 2. The lowest BCUT2D eigenvalue weighted by molar-refractivity contribution is 0.0218. The summed E-state index contributed by atoms with van der Waals surface area (Å²) in [6.07, 6.45) is -2.20. The molecule has 1 aliphatic rings. The SMILES string of the molecule is CC(C)N1CCN(CC(F)F)C[C@@H]1C. The zero-order valence-corrected chi connectivity index (χ0v) is 9.21. The fraction of sp³-hybridized carbons (Fsp3) is 1.00. The maximum atomic E-state index is 12.1. The number of hydrogen-bond donors (Lipinski definition) is 0. The molecular weight excluding hydrogens is 186 g/mol. The lowest BCUT2D eigenvalue weighted by Crippen LogP contribution is -2.54. The van der Waals surface area contributed by atoms with Gasteiger partial charge in [-0.2, -0.15) is 0 Å². The third kappa shape index (κ3) is 3.17. The van der Waals surface area contributed by atoms with E-state index >= 15 is 0 Å². The molecule has 0 aliphatic carbocycles. The first kappa shape index (κ1) is 11.9. The van der Waals surface area contributed by atoms with Gasteiger partial charge in [0.15, 0.2) is 0 Å². The van der Waals surface area contributed by atoms with Crippen LogP contribution in [0.1, 0.15) is 20.8 Å². The van der Waals surface area contributed by atoms with E-state index in [0.717, 1.165) is 19.6 Å². The Kier molecular flexibility index (Phi) is 4.26. The predicted octanol–water partition coefficient (Wildman–Crippen LogP) is 1.67. The van der Waals surface area contributed by atoms with Crippen LogP contribution in [0.25, 0.3) is 0 Å². The molecule has 1 saturated heterocycles. The van der Waals surface area contributed by atoms with Gasteiger partial charge in [0.25, 0.3) is 6.43 Å². The van der Waals surface area contributed by atoms with E-state index in [4.69, 9.17) is 0 Å². The van der Waals surface area contributed by atoms with Crippen LogP contribution in [0.2, 0.25) is 0 Å². The van der Waals surface area contributed by atoms with Gasteiger partial charge in [-0.1, -0.05) is 0 Å². The molecule has 0 aromatic rings. The highest BCUT2D eigenvalue weighted by Crippen LogP contribution is 2.13. The summed E-state index contributed by atoms with van der Waals surface area (Å²) in [6.45, 7) is 8.79. The molecule has 2 nitrogen and oxygen atoms in total. The minimum absolute atomic E-state index is 0.0731. The summed E-state index contributed by atoms with van der Waals surface area (Å²) in [7, 11) is 0. The van der Waals surface area contributed by atoms with Crippen LogP contribution in [0.3, 0.4) is 0 Å². The van der Waals surface area contributed by atoms with Crippen molar-refractivity contribution in [2.24, 2.45) is 0 Å². The average Bonchev–Trinajstić information content (AvgIpc) is 2.01. The molecule has 0 amide bonds. The second-order valence-electron chi connectivity index (χ2n) is 4.33. The number of alkyl halides is 2. The number of rotatable bonds is 3. The maximum Gasteiger partial charge on any atom is 0.251 e. The van der Waals surface area contributed by atoms with Crippen molar-refractivity contribution in [2.75, 3.05) is 26.2 Å². The van der Waals surface area contributed by atoms with E-state index in [-0.39, 0.29) is 6.54 Å². The third-order valence-corrected chi connectivity index (χ3v) is 2.82. The Labute approximate surface area is 84.9 Å². The first-order chi connectivity index (χ1) is 6.50. The Balaban J connectivity index is 2.39. The van der Waals surface area contributed by atoms with Crippen molar-refractivity contribution in [3.8, 4) is 0 Å². The first-order valence-corrected chi connectivity index (χ1v) is 5.27. The zero-order chi connectivity index (χ0) is 10.7. The lowest BCUT2D eigenvalue weighted by Gasteiger charge is -2.41. The van der Waals surface area contributed by atoms with E-state index < -0.39 is 6.43 Å². The summed E-state index contributed by atoms with van der Waals surface area (Å²) in [5, 5.41) is 0. The summed E-state index contributed by atoms with van der Waals surface area (Å²) in [4.78, 5) is 4.22. The van der Waals surface area contributed by atoms with Crippen LogP contribution in [-0.4, -0.2) is 54.5 Å². The second-order valence-corrected chi connectivity index (χ2v) is 4.33. The predicted molar refractivity (Wildman–Crippen MR) is 53.7 cm³/mol. The largest absolute Gasteiger partial charge is 0.296 e. The number of halogens is 2. The maximum absolute atomic E-state index is 12.1. The van der Waals surface area contributed by atoms with Gasteiger partial charge in [-0.3, -0.25) is 9.80 Å². The Morgan fingerprint density at radius 3 is 2.36 bits per heavy atom. The van der Waals surface area contributed by atoms with Crippen LogP contribution >= 0.6 is 0 Å². The van der Waals surface area contributed by atoms with Gasteiger partial charge in [0.05, 0.1) is 6.54 Å². The molecule has 1 aliphatic heterocycles. The topological polar surface area (TPSA) is 6.48 Å². The van der Waals surface area contributed by atoms with Gasteiger partial charge in [-0.15, -0.1) is 0 Å². The molecule has 0 aromatic carbocycles. The number of piperazine rings is 1. The normalized spacial score (nSPS) is 26.4. The van der Waals surface area contributed by atoms with Crippen LogP contribution in [0.5, 0.6) is 0 Å². The average molecular weight is 206 g/mol. The fourth-order valence-corrected chi connectivity index (χ4v) is 2.18.